The molecule has 1 rings (SSSR count). The molecule has 0 spiro atoms. The first-order valence-electron chi connectivity index (χ1n) is 7.49. The van der Waals surface area contributed by atoms with Gasteiger partial charge in [-0.25, -0.2) is 0 Å². The Morgan fingerprint density at radius 1 is 1.24 bits per heavy atom. The SMILES string of the molecule is CCCN(CCN(C)C)C(C)C(=O)Nc1ccccc1N. The standard InChI is InChI=1S/C16H28N4O/c1-5-10-20(12-11-19(3)4)13(2)16(21)18-15-9-7-6-8-14(15)17/h6-9,13H,5,10-12,17H2,1-4H3,(H,18,21). The Hall–Kier alpha value is -1.59. The minimum Gasteiger partial charge on any atom is -0.397 e. The fourth-order valence-corrected chi connectivity index (χ4v) is 2.13. The molecule has 1 unspecified atom stereocenters. The third-order valence-electron chi connectivity index (χ3n) is 3.49. The van der Waals surface area contributed by atoms with Crippen molar-refractivity contribution in [2.75, 3.05) is 44.8 Å². The van der Waals surface area contributed by atoms with Gasteiger partial charge in [0.05, 0.1) is 17.4 Å². The average molecular weight is 292 g/mol. The smallest absolute Gasteiger partial charge is 0.241 e. The summed E-state index contributed by atoms with van der Waals surface area (Å²) in [6, 6.07) is 7.16. The Labute approximate surface area is 128 Å². The number of rotatable bonds is 8. The molecule has 5 nitrogen and oxygen atoms in total. The van der Waals surface area contributed by atoms with Crippen LogP contribution in [0.4, 0.5) is 11.4 Å². The van der Waals surface area contributed by atoms with Gasteiger partial charge in [-0.05, 0) is 46.1 Å². The van der Waals surface area contributed by atoms with Crippen molar-refractivity contribution < 1.29 is 4.79 Å². The first-order chi connectivity index (χ1) is 9.95. The molecule has 0 radical (unpaired) electrons. The minimum atomic E-state index is -0.176. The molecule has 3 N–H and O–H groups in total. The number of nitrogens with zero attached hydrogens (tertiary/aromatic N) is 2. The van der Waals surface area contributed by atoms with Crippen LogP contribution in [0.25, 0.3) is 0 Å². The maximum Gasteiger partial charge on any atom is 0.241 e. The molecular weight excluding hydrogens is 264 g/mol. The van der Waals surface area contributed by atoms with Gasteiger partial charge in [0.1, 0.15) is 0 Å². The summed E-state index contributed by atoms with van der Waals surface area (Å²) in [7, 11) is 4.08. The second kappa shape index (κ2) is 8.64. The van der Waals surface area contributed by atoms with Crippen LogP contribution in [0.5, 0.6) is 0 Å². The maximum absolute atomic E-state index is 12.4. The third-order valence-corrected chi connectivity index (χ3v) is 3.49. The van der Waals surface area contributed by atoms with Crippen molar-refractivity contribution in [1.82, 2.24) is 9.80 Å². The predicted octanol–water partition coefficient (Wildman–Crippen LogP) is 1.87. The third kappa shape index (κ3) is 5.73. The average Bonchev–Trinajstić information content (AvgIpc) is 2.45. The predicted molar refractivity (Wildman–Crippen MR) is 89.4 cm³/mol. The van der Waals surface area contributed by atoms with E-state index in [9.17, 15) is 4.79 Å². The van der Waals surface area contributed by atoms with Crippen molar-refractivity contribution >= 4 is 17.3 Å². The summed E-state index contributed by atoms with van der Waals surface area (Å²) in [4.78, 5) is 16.7. The normalized spacial score (nSPS) is 12.7. The quantitative estimate of drug-likeness (QED) is 0.718. The number of carbonyl (C=O) groups is 1. The lowest BCUT2D eigenvalue weighted by Crippen LogP contribution is -2.45. The Morgan fingerprint density at radius 2 is 1.90 bits per heavy atom. The molecule has 0 aromatic heterocycles. The number of carbonyl (C=O) groups excluding carboxylic acids is 1. The maximum atomic E-state index is 12.4. The fraction of sp³-hybridized carbons (Fsp3) is 0.562. The van der Waals surface area contributed by atoms with Gasteiger partial charge in [0, 0.05) is 13.1 Å². The van der Waals surface area contributed by atoms with Crippen LogP contribution >= 0.6 is 0 Å². The second-order valence-corrected chi connectivity index (χ2v) is 5.59. The Kier molecular flexibility index (Phi) is 7.19. The van der Waals surface area contributed by atoms with Gasteiger partial charge in [0.15, 0.2) is 0 Å². The summed E-state index contributed by atoms with van der Waals surface area (Å²) in [5.41, 5.74) is 7.14. The van der Waals surface area contributed by atoms with Crippen LogP contribution in [0.2, 0.25) is 0 Å². The van der Waals surface area contributed by atoms with Crippen LogP contribution in [-0.4, -0.2) is 55.5 Å². The number of benzene rings is 1. The molecule has 0 heterocycles. The van der Waals surface area contributed by atoms with Gasteiger partial charge < -0.3 is 16.0 Å². The Morgan fingerprint density at radius 3 is 2.48 bits per heavy atom. The number of amides is 1. The van der Waals surface area contributed by atoms with Gasteiger partial charge in [0.25, 0.3) is 0 Å². The van der Waals surface area contributed by atoms with Gasteiger partial charge in [-0.1, -0.05) is 19.1 Å². The van der Waals surface area contributed by atoms with E-state index >= 15 is 0 Å². The number of nitrogen functional groups attached to an aromatic ring is 1. The molecule has 118 valence electrons. The summed E-state index contributed by atoms with van der Waals surface area (Å²) >= 11 is 0. The van der Waals surface area contributed by atoms with E-state index in [0.29, 0.717) is 11.4 Å². The molecule has 0 saturated carbocycles. The van der Waals surface area contributed by atoms with Gasteiger partial charge in [-0.15, -0.1) is 0 Å². The molecule has 1 amide bonds. The zero-order valence-electron chi connectivity index (χ0n) is 13.6. The number of hydrogen-bond donors (Lipinski definition) is 2. The van der Waals surface area contributed by atoms with E-state index in [1.165, 1.54) is 0 Å². The molecule has 0 fully saturated rings. The van der Waals surface area contributed by atoms with Crippen molar-refractivity contribution in [3.63, 3.8) is 0 Å². The lowest BCUT2D eigenvalue weighted by atomic mass is 10.2. The number of nitrogens with one attached hydrogen (secondary N) is 1. The lowest BCUT2D eigenvalue weighted by molar-refractivity contribution is -0.120. The van der Waals surface area contributed by atoms with Crippen molar-refractivity contribution in [3.05, 3.63) is 24.3 Å². The Bertz CT molecular complexity index is 448. The van der Waals surface area contributed by atoms with Crippen LogP contribution in [-0.2, 0) is 4.79 Å². The van der Waals surface area contributed by atoms with Gasteiger partial charge in [0.2, 0.25) is 5.91 Å². The van der Waals surface area contributed by atoms with Gasteiger partial charge >= 0.3 is 0 Å². The first kappa shape index (κ1) is 17.5. The van der Waals surface area contributed by atoms with E-state index in [1.807, 2.05) is 39.2 Å². The molecule has 5 heteroatoms. The van der Waals surface area contributed by atoms with E-state index in [2.05, 4.69) is 22.0 Å². The molecule has 1 atom stereocenters. The number of para-hydroxylation sites is 2. The van der Waals surface area contributed by atoms with Crippen LogP contribution in [0.15, 0.2) is 24.3 Å². The lowest BCUT2D eigenvalue weighted by Gasteiger charge is -2.29. The van der Waals surface area contributed by atoms with Crippen LogP contribution in [0.1, 0.15) is 20.3 Å². The van der Waals surface area contributed by atoms with E-state index < -0.39 is 0 Å². The molecule has 0 aliphatic carbocycles. The molecule has 1 aromatic rings. The highest BCUT2D eigenvalue weighted by molar-refractivity contribution is 5.97. The Balaban J connectivity index is 2.67. The van der Waals surface area contributed by atoms with Crippen molar-refractivity contribution in [2.24, 2.45) is 0 Å². The van der Waals surface area contributed by atoms with Crippen molar-refractivity contribution in [1.29, 1.82) is 0 Å². The number of anilines is 2. The summed E-state index contributed by atoms with van der Waals surface area (Å²) in [6.07, 6.45) is 1.03. The summed E-state index contributed by atoms with van der Waals surface area (Å²) in [5, 5.41) is 2.92. The summed E-state index contributed by atoms with van der Waals surface area (Å²) in [5.74, 6) is -0.0138. The zero-order chi connectivity index (χ0) is 15.8. The monoisotopic (exact) mass is 292 g/mol. The topological polar surface area (TPSA) is 61.6 Å². The highest BCUT2D eigenvalue weighted by atomic mass is 16.2. The van der Waals surface area contributed by atoms with E-state index in [0.717, 1.165) is 26.1 Å². The molecule has 0 bridgehead atoms. The zero-order valence-corrected chi connectivity index (χ0v) is 13.6. The van der Waals surface area contributed by atoms with Gasteiger partial charge in [-0.3, -0.25) is 9.69 Å². The molecule has 0 saturated heterocycles. The van der Waals surface area contributed by atoms with Crippen LogP contribution in [0.3, 0.4) is 0 Å². The van der Waals surface area contributed by atoms with Gasteiger partial charge in [-0.2, -0.15) is 0 Å². The molecule has 1 aromatic carbocycles. The second-order valence-electron chi connectivity index (χ2n) is 5.59. The summed E-state index contributed by atoms with van der Waals surface area (Å²) < 4.78 is 0. The van der Waals surface area contributed by atoms with Crippen LogP contribution < -0.4 is 11.1 Å². The molecular formula is C16H28N4O. The number of likely N-dealkylation sites (N-methyl/N-ethyl adjacent to an activating group) is 1. The number of hydrogen-bond acceptors (Lipinski definition) is 4. The van der Waals surface area contributed by atoms with Crippen molar-refractivity contribution in [2.45, 2.75) is 26.3 Å². The first-order valence-corrected chi connectivity index (χ1v) is 7.49. The van der Waals surface area contributed by atoms with E-state index in [-0.39, 0.29) is 11.9 Å². The van der Waals surface area contributed by atoms with Crippen molar-refractivity contribution in [3.8, 4) is 0 Å². The fourth-order valence-electron chi connectivity index (χ4n) is 2.13. The molecule has 21 heavy (non-hydrogen) atoms. The highest BCUT2D eigenvalue weighted by Crippen LogP contribution is 2.17. The largest absolute Gasteiger partial charge is 0.397 e. The van der Waals surface area contributed by atoms with Crippen LogP contribution in [0, 0.1) is 0 Å². The molecule has 0 aliphatic heterocycles. The highest BCUT2D eigenvalue weighted by Gasteiger charge is 2.21. The van der Waals surface area contributed by atoms with E-state index in [4.69, 9.17) is 5.73 Å². The van der Waals surface area contributed by atoms with E-state index in [1.54, 1.807) is 6.07 Å². The minimum absolute atomic E-state index is 0.0138. The number of nitrogens with two attached hydrogens (primary N) is 1. The summed E-state index contributed by atoms with van der Waals surface area (Å²) in [6.45, 7) is 6.79. The molecule has 0 aliphatic rings.